The first kappa shape index (κ1) is 17.3. The molecule has 1 aromatic rings. The first-order valence-corrected chi connectivity index (χ1v) is 9.41. The number of amides is 3. The summed E-state index contributed by atoms with van der Waals surface area (Å²) >= 11 is 0. The minimum atomic E-state index is -0.620. The third-order valence-electron chi connectivity index (χ3n) is 5.95. The van der Waals surface area contributed by atoms with E-state index in [9.17, 15) is 9.59 Å². The topological polar surface area (TPSA) is 69.9 Å². The van der Waals surface area contributed by atoms with Crippen molar-refractivity contribution in [1.29, 1.82) is 0 Å². The molecule has 1 radical (unpaired) electrons. The third kappa shape index (κ3) is 2.76. The standard InChI is InChI=1S/C20H27N4O2/c1-22(2)13-20(10-11-20)14-6-8-15(9-7-14)24-17(18(21)25)16-5-3-4-12-23(16)19(24)26/h5-9,16-17H,3-4,10-13H2,1-2H3,(H2,21,25)/t16-,17?/m1/s1. The van der Waals surface area contributed by atoms with E-state index in [0.29, 0.717) is 6.54 Å². The van der Waals surface area contributed by atoms with Crippen LogP contribution < -0.4 is 10.6 Å². The molecule has 6 heteroatoms. The molecule has 0 spiro atoms. The highest BCUT2D eigenvalue weighted by molar-refractivity contribution is 6.03. The Balaban J connectivity index is 1.62. The number of nitrogens with two attached hydrogens (primary N) is 1. The Morgan fingerprint density at radius 2 is 1.96 bits per heavy atom. The second-order valence-electron chi connectivity index (χ2n) is 8.13. The van der Waals surface area contributed by atoms with Crippen LogP contribution in [0.2, 0.25) is 0 Å². The maximum absolute atomic E-state index is 12.9. The summed E-state index contributed by atoms with van der Waals surface area (Å²) in [4.78, 5) is 30.6. The Labute approximate surface area is 154 Å². The number of nitrogens with zero attached hydrogens (tertiary/aromatic N) is 3. The fourth-order valence-corrected chi connectivity index (χ4v) is 4.60. The molecule has 0 aromatic heterocycles. The van der Waals surface area contributed by atoms with E-state index < -0.39 is 11.9 Å². The summed E-state index contributed by atoms with van der Waals surface area (Å²) in [6.45, 7) is 1.72. The van der Waals surface area contributed by atoms with E-state index in [1.54, 1.807) is 9.80 Å². The molecule has 1 unspecified atom stereocenters. The van der Waals surface area contributed by atoms with Gasteiger partial charge in [0.15, 0.2) is 0 Å². The van der Waals surface area contributed by atoms with E-state index in [-0.39, 0.29) is 17.5 Å². The average molecular weight is 355 g/mol. The smallest absolute Gasteiger partial charge is 0.325 e. The molecule has 3 fully saturated rings. The molecular formula is C20H27N4O2. The normalized spacial score (nSPS) is 27.0. The van der Waals surface area contributed by atoms with Gasteiger partial charge in [0.2, 0.25) is 5.91 Å². The van der Waals surface area contributed by atoms with Crippen LogP contribution in [0.25, 0.3) is 0 Å². The monoisotopic (exact) mass is 355 g/mol. The van der Waals surface area contributed by atoms with Crippen LogP contribution in [0.3, 0.4) is 0 Å². The van der Waals surface area contributed by atoms with Crippen molar-refractivity contribution in [2.75, 3.05) is 32.1 Å². The minimum absolute atomic E-state index is 0.114. The number of carbonyl (C=O) groups is 2. The Bertz CT molecular complexity index is 711. The second kappa shape index (κ2) is 6.27. The van der Waals surface area contributed by atoms with Crippen LogP contribution in [-0.4, -0.2) is 61.0 Å². The maximum Gasteiger partial charge on any atom is 0.325 e. The molecule has 2 N–H and O–H groups in total. The molecule has 139 valence electrons. The van der Waals surface area contributed by atoms with Crippen molar-refractivity contribution in [3.8, 4) is 0 Å². The Morgan fingerprint density at radius 3 is 2.54 bits per heavy atom. The number of hydrogen-bond donors (Lipinski definition) is 1. The van der Waals surface area contributed by atoms with Crippen molar-refractivity contribution in [2.45, 2.75) is 43.2 Å². The molecule has 2 heterocycles. The van der Waals surface area contributed by atoms with Crippen molar-refractivity contribution in [3.63, 3.8) is 0 Å². The maximum atomic E-state index is 12.9. The van der Waals surface area contributed by atoms with Gasteiger partial charge in [0.05, 0.1) is 6.04 Å². The fourth-order valence-electron chi connectivity index (χ4n) is 4.60. The van der Waals surface area contributed by atoms with Crippen LogP contribution in [-0.2, 0) is 10.2 Å². The second-order valence-corrected chi connectivity index (χ2v) is 8.13. The summed E-state index contributed by atoms with van der Waals surface area (Å²) in [6.07, 6.45) is 6.30. The number of hydrogen-bond acceptors (Lipinski definition) is 3. The van der Waals surface area contributed by atoms with Crippen LogP contribution >= 0.6 is 0 Å². The molecule has 1 saturated carbocycles. The van der Waals surface area contributed by atoms with Crippen LogP contribution in [0.5, 0.6) is 0 Å². The summed E-state index contributed by atoms with van der Waals surface area (Å²) in [6, 6.07) is 7.21. The molecule has 2 atom stereocenters. The van der Waals surface area contributed by atoms with Crippen molar-refractivity contribution in [1.82, 2.24) is 9.80 Å². The predicted octanol–water partition coefficient (Wildman–Crippen LogP) is 1.74. The van der Waals surface area contributed by atoms with Gasteiger partial charge >= 0.3 is 6.03 Å². The summed E-state index contributed by atoms with van der Waals surface area (Å²) in [7, 11) is 4.20. The van der Waals surface area contributed by atoms with Crippen molar-refractivity contribution in [3.05, 3.63) is 36.2 Å². The van der Waals surface area contributed by atoms with Gasteiger partial charge < -0.3 is 15.5 Å². The number of urea groups is 1. The summed E-state index contributed by atoms with van der Waals surface area (Å²) in [5, 5.41) is 0. The number of likely N-dealkylation sites (N-methyl/N-ethyl adjacent to an activating group) is 1. The van der Waals surface area contributed by atoms with Crippen LogP contribution in [0.1, 0.15) is 31.2 Å². The Morgan fingerprint density at radius 1 is 1.27 bits per heavy atom. The van der Waals surface area contributed by atoms with Crippen LogP contribution in [0, 0.1) is 6.42 Å². The zero-order chi connectivity index (χ0) is 18.5. The van der Waals surface area contributed by atoms with E-state index in [2.05, 4.69) is 37.5 Å². The first-order chi connectivity index (χ1) is 12.4. The minimum Gasteiger partial charge on any atom is -0.368 e. The molecule has 6 nitrogen and oxygen atoms in total. The van der Waals surface area contributed by atoms with Crippen LogP contribution in [0.15, 0.2) is 24.3 Å². The number of piperidine rings is 1. The van der Waals surface area contributed by atoms with Gasteiger partial charge in [-0.05, 0) is 63.9 Å². The van der Waals surface area contributed by atoms with E-state index in [1.807, 2.05) is 12.1 Å². The van der Waals surface area contributed by atoms with Gasteiger partial charge in [-0.25, -0.2) is 4.79 Å². The number of rotatable bonds is 5. The SMILES string of the molecule is CN(C)CC1(c2ccc(N3C(=O)N4CCC[CH][C@@H]4C3C(N)=O)cc2)CC1. The molecular weight excluding hydrogens is 328 g/mol. The lowest BCUT2D eigenvalue weighted by Gasteiger charge is -2.29. The zero-order valence-electron chi connectivity index (χ0n) is 15.5. The molecule has 4 rings (SSSR count). The molecule has 2 saturated heterocycles. The van der Waals surface area contributed by atoms with Crippen LogP contribution in [0.4, 0.5) is 10.5 Å². The molecule has 3 aliphatic rings. The average Bonchev–Trinajstić information content (AvgIpc) is 3.32. The van der Waals surface area contributed by atoms with E-state index in [1.165, 1.54) is 18.4 Å². The fraction of sp³-hybridized carbons (Fsp3) is 0.550. The van der Waals surface area contributed by atoms with Gasteiger partial charge in [-0.2, -0.15) is 0 Å². The van der Waals surface area contributed by atoms with Crippen molar-refractivity contribution in [2.24, 2.45) is 5.73 Å². The Kier molecular flexibility index (Phi) is 4.18. The highest BCUT2D eigenvalue weighted by atomic mass is 16.2. The summed E-state index contributed by atoms with van der Waals surface area (Å²) in [5.74, 6) is -0.445. The molecule has 0 bridgehead atoms. The van der Waals surface area contributed by atoms with Gasteiger partial charge in [-0.1, -0.05) is 12.1 Å². The number of anilines is 1. The largest absolute Gasteiger partial charge is 0.368 e. The van der Waals surface area contributed by atoms with E-state index >= 15 is 0 Å². The van der Waals surface area contributed by atoms with Gasteiger partial charge in [0.25, 0.3) is 0 Å². The molecule has 3 amide bonds. The lowest BCUT2D eigenvalue weighted by molar-refractivity contribution is -0.119. The first-order valence-electron chi connectivity index (χ1n) is 9.41. The van der Waals surface area contributed by atoms with Gasteiger partial charge in [0.1, 0.15) is 6.04 Å². The quantitative estimate of drug-likeness (QED) is 0.875. The predicted molar refractivity (Wildman–Crippen MR) is 101 cm³/mol. The number of carbonyl (C=O) groups excluding carboxylic acids is 2. The van der Waals surface area contributed by atoms with Gasteiger partial charge in [-0.3, -0.25) is 9.69 Å². The van der Waals surface area contributed by atoms with Gasteiger partial charge in [0, 0.05) is 24.2 Å². The zero-order valence-corrected chi connectivity index (χ0v) is 15.5. The number of fused-ring (bicyclic) bond motifs is 1. The highest BCUT2D eigenvalue weighted by Crippen LogP contribution is 2.49. The lowest BCUT2D eigenvalue weighted by Crippen LogP contribution is -2.48. The lowest BCUT2D eigenvalue weighted by atomic mass is 9.94. The number of primary amides is 1. The Hall–Kier alpha value is -2.08. The number of benzene rings is 1. The molecule has 1 aliphatic carbocycles. The van der Waals surface area contributed by atoms with Gasteiger partial charge in [-0.15, -0.1) is 0 Å². The highest BCUT2D eigenvalue weighted by Gasteiger charge is 2.50. The van der Waals surface area contributed by atoms with Crippen molar-refractivity contribution >= 4 is 17.6 Å². The molecule has 26 heavy (non-hydrogen) atoms. The molecule has 2 aliphatic heterocycles. The van der Waals surface area contributed by atoms with E-state index in [4.69, 9.17) is 5.73 Å². The summed E-state index contributed by atoms with van der Waals surface area (Å²) < 4.78 is 0. The van der Waals surface area contributed by atoms with Crippen molar-refractivity contribution < 1.29 is 9.59 Å². The summed E-state index contributed by atoms with van der Waals surface area (Å²) in [5.41, 5.74) is 7.98. The molecule has 1 aromatic carbocycles. The van der Waals surface area contributed by atoms with E-state index in [0.717, 1.165) is 25.1 Å². The third-order valence-corrected chi connectivity index (χ3v) is 5.95.